The number of likely N-dealkylation sites (tertiary alicyclic amines) is 1. The molecule has 2 amide bonds. The fraction of sp³-hybridized carbons (Fsp3) is 0.455. The van der Waals surface area contributed by atoms with E-state index in [2.05, 4.69) is 0 Å². The quantitative estimate of drug-likeness (QED) is 0.637. The zero-order valence-corrected chi connectivity index (χ0v) is 19.6. The number of hydrogen-bond donors (Lipinski definition) is 0. The van der Waals surface area contributed by atoms with Gasteiger partial charge in [-0.3, -0.25) is 9.59 Å². The van der Waals surface area contributed by atoms with E-state index >= 15 is 0 Å². The lowest BCUT2D eigenvalue weighted by Gasteiger charge is -2.36. The molecule has 0 bridgehead atoms. The van der Waals surface area contributed by atoms with Gasteiger partial charge in [-0.1, -0.05) is 6.07 Å². The number of hydrogen-bond acceptors (Lipinski definition) is 6. The van der Waals surface area contributed by atoms with E-state index in [1.807, 2.05) is 18.4 Å². The Hall–Kier alpha value is -2.43. The second-order valence-corrected chi connectivity index (χ2v) is 10.7. The van der Waals surface area contributed by atoms with Crippen molar-refractivity contribution in [1.82, 2.24) is 14.1 Å². The number of carbonyl (C=O) groups is 2. The summed E-state index contributed by atoms with van der Waals surface area (Å²) < 4.78 is 32.8. The van der Waals surface area contributed by atoms with Crippen molar-refractivity contribution in [2.75, 3.05) is 39.3 Å². The number of piperazine rings is 1. The molecule has 2 saturated heterocycles. The van der Waals surface area contributed by atoms with Crippen molar-refractivity contribution in [3.63, 3.8) is 0 Å². The molecule has 0 saturated carbocycles. The summed E-state index contributed by atoms with van der Waals surface area (Å²) in [6.07, 6.45) is 1.43. The monoisotopic (exact) mass is 477 g/mol. The minimum atomic E-state index is -3.64. The topological polar surface area (TPSA) is 87.2 Å². The average molecular weight is 478 g/mol. The lowest BCUT2D eigenvalue weighted by molar-refractivity contribution is -0.136. The molecule has 0 unspecified atom stereocenters. The van der Waals surface area contributed by atoms with Gasteiger partial charge in [0.15, 0.2) is 0 Å². The Balaban J connectivity index is 1.38. The van der Waals surface area contributed by atoms with Gasteiger partial charge in [0.05, 0.1) is 16.4 Å². The van der Waals surface area contributed by atoms with Crippen LogP contribution in [0.4, 0.5) is 0 Å². The summed E-state index contributed by atoms with van der Waals surface area (Å²) in [6.45, 7) is 4.03. The van der Waals surface area contributed by atoms with Gasteiger partial charge in [0.1, 0.15) is 11.8 Å². The van der Waals surface area contributed by atoms with Gasteiger partial charge >= 0.3 is 0 Å². The van der Waals surface area contributed by atoms with Gasteiger partial charge in [-0.05, 0) is 55.5 Å². The van der Waals surface area contributed by atoms with E-state index in [1.54, 1.807) is 40.1 Å². The fourth-order valence-corrected chi connectivity index (χ4v) is 6.29. The highest BCUT2D eigenvalue weighted by molar-refractivity contribution is 7.89. The minimum absolute atomic E-state index is 0.0921. The molecule has 0 radical (unpaired) electrons. The first-order valence-corrected chi connectivity index (χ1v) is 13.1. The van der Waals surface area contributed by atoms with E-state index in [0.29, 0.717) is 43.3 Å². The lowest BCUT2D eigenvalue weighted by atomic mass is 10.1. The van der Waals surface area contributed by atoms with Crippen molar-refractivity contribution in [3.05, 3.63) is 46.7 Å². The van der Waals surface area contributed by atoms with Crippen LogP contribution < -0.4 is 4.74 Å². The molecule has 2 aliphatic heterocycles. The van der Waals surface area contributed by atoms with Gasteiger partial charge in [-0.15, -0.1) is 11.3 Å². The van der Waals surface area contributed by atoms with E-state index in [9.17, 15) is 18.0 Å². The van der Waals surface area contributed by atoms with Crippen LogP contribution in [-0.4, -0.2) is 79.7 Å². The zero-order chi connectivity index (χ0) is 22.7. The number of sulfonamides is 1. The standard InChI is InChI=1S/C22H27N3O5S2/c1-2-30-17-7-9-18(10-8-17)32(28,29)24-14-12-23(13-15-24)21(26)19-5-3-11-25(19)22(27)20-6-4-16-31-20/h4,6-10,16,19H,2-3,5,11-15H2,1H3/t19-/m0/s1. The normalized spacial score (nSPS) is 19.8. The molecule has 2 aliphatic rings. The third kappa shape index (κ3) is 4.53. The van der Waals surface area contributed by atoms with Gasteiger partial charge in [-0.25, -0.2) is 8.42 Å². The molecule has 172 valence electrons. The van der Waals surface area contributed by atoms with Crippen LogP contribution in [-0.2, 0) is 14.8 Å². The van der Waals surface area contributed by atoms with Crippen molar-refractivity contribution in [2.24, 2.45) is 0 Å². The Morgan fingerprint density at radius 3 is 2.41 bits per heavy atom. The van der Waals surface area contributed by atoms with E-state index < -0.39 is 16.1 Å². The van der Waals surface area contributed by atoms with Gasteiger partial charge in [0.25, 0.3) is 5.91 Å². The SMILES string of the molecule is CCOc1ccc(S(=O)(=O)N2CCN(C(=O)[C@@H]3CCCN3C(=O)c3cccs3)CC2)cc1. The summed E-state index contributed by atoms with van der Waals surface area (Å²) in [7, 11) is -3.64. The summed E-state index contributed by atoms with van der Waals surface area (Å²) in [4.78, 5) is 30.1. The second-order valence-electron chi connectivity index (χ2n) is 7.77. The predicted octanol–water partition coefficient (Wildman–Crippen LogP) is 2.28. The molecule has 32 heavy (non-hydrogen) atoms. The zero-order valence-electron chi connectivity index (χ0n) is 18.0. The first-order valence-electron chi connectivity index (χ1n) is 10.8. The molecular formula is C22H27N3O5S2. The molecule has 2 aromatic rings. The third-order valence-electron chi connectivity index (χ3n) is 5.85. The van der Waals surface area contributed by atoms with Crippen molar-refractivity contribution in [2.45, 2.75) is 30.7 Å². The Morgan fingerprint density at radius 2 is 1.78 bits per heavy atom. The van der Waals surface area contributed by atoms with E-state index in [-0.39, 0.29) is 29.8 Å². The Bertz CT molecular complexity index is 1050. The minimum Gasteiger partial charge on any atom is -0.494 e. The van der Waals surface area contributed by atoms with Crippen LogP contribution in [0.3, 0.4) is 0 Å². The predicted molar refractivity (Wildman–Crippen MR) is 121 cm³/mol. The van der Waals surface area contributed by atoms with Crippen molar-refractivity contribution in [3.8, 4) is 5.75 Å². The molecule has 1 atom stereocenters. The summed E-state index contributed by atoms with van der Waals surface area (Å²) in [5, 5.41) is 1.85. The summed E-state index contributed by atoms with van der Waals surface area (Å²) in [5.74, 6) is 0.429. The Morgan fingerprint density at radius 1 is 1.06 bits per heavy atom. The first kappa shape index (κ1) is 22.8. The second kappa shape index (κ2) is 9.60. The van der Waals surface area contributed by atoms with Crippen LogP contribution in [0.1, 0.15) is 29.4 Å². The number of amides is 2. The van der Waals surface area contributed by atoms with E-state index in [4.69, 9.17) is 4.74 Å². The van der Waals surface area contributed by atoms with E-state index in [0.717, 1.165) is 6.42 Å². The summed E-state index contributed by atoms with van der Waals surface area (Å²) in [5.41, 5.74) is 0. The highest BCUT2D eigenvalue weighted by Crippen LogP contribution is 2.25. The summed E-state index contributed by atoms with van der Waals surface area (Å²) in [6, 6.07) is 9.52. The van der Waals surface area contributed by atoms with E-state index in [1.165, 1.54) is 15.6 Å². The molecule has 1 aromatic carbocycles. The van der Waals surface area contributed by atoms with Crippen LogP contribution in [0.2, 0.25) is 0 Å². The molecular weight excluding hydrogens is 450 g/mol. The molecule has 8 nitrogen and oxygen atoms in total. The van der Waals surface area contributed by atoms with Crippen LogP contribution in [0.15, 0.2) is 46.7 Å². The van der Waals surface area contributed by atoms with Crippen LogP contribution in [0, 0.1) is 0 Å². The molecule has 3 heterocycles. The van der Waals surface area contributed by atoms with Gasteiger partial charge < -0.3 is 14.5 Å². The third-order valence-corrected chi connectivity index (χ3v) is 8.62. The first-order chi connectivity index (χ1) is 15.4. The Labute approximate surface area is 192 Å². The molecule has 0 N–H and O–H groups in total. The van der Waals surface area contributed by atoms with Crippen LogP contribution in [0.5, 0.6) is 5.75 Å². The fourth-order valence-electron chi connectivity index (χ4n) is 4.19. The van der Waals surface area contributed by atoms with Gasteiger partial charge in [0, 0.05) is 32.7 Å². The Kier molecular flexibility index (Phi) is 6.82. The van der Waals surface area contributed by atoms with Crippen molar-refractivity contribution >= 4 is 33.2 Å². The van der Waals surface area contributed by atoms with Crippen LogP contribution in [0.25, 0.3) is 0 Å². The summed E-state index contributed by atoms with van der Waals surface area (Å²) >= 11 is 1.37. The number of carbonyl (C=O) groups excluding carboxylic acids is 2. The number of benzene rings is 1. The largest absolute Gasteiger partial charge is 0.494 e. The highest BCUT2D eigenvalue weighted by Gasteiger charge is 2.39. The van der Waals surface area contributed by atoms with Gasteiger partial charge in [0.2, 0.25) is 15.9 Å². The number of ether oxygens (including phenoxy) is 1. The van der Waals surface area contributed by atoms with Crippen molar-refractivity contribution < 1.29 is 22.7 Å². The number of rotatable bonds is 6. The molecule has 4 rings (SSSR count). The molecule has 0 spiro atoms. The molecule has 0 aliphatic carbocycles. The molecule has 2 fully saturated rings. The molecule has 10 heteroatoms. The van der Waals surface area contributed by atoms with Gasteiger partial charge in [-0.2, -0.15) is 4.31 Å². The average Bonchev–Trinajstić information content (AvgIpc) is 3.51. The number of nitrogens with zero attached hydrogens (tertiary/aromatic N) is 3. The van der Waals surface area contributed by atoms with Crippen LogP contribution >= 0.6 is 11.3 Å². The smallest absolute Gasteiger partial charge is 0.264 e. The maximum Gasteiger partial charge on any atom is 0.264 e. The number of thiophene rings is 1. The maximum absolute atomic E-state index is 13.2. The lowest BCUT2D eigenvalue weighted by Crippen LogP contribution is -2.55. The highest BCUT2D eigenvalue weighted by atomic mass is 32.2. The van der Waals surface area contributed by atoms with Crippen molar-refractivity contribution in [1.29, 1.82) is 0 Å². The maximum atomic E-state index is 13.2. The molecule has 1 aromatic heterocycles.